The number of hydrogen-bond donors (Lipinski definition) is 2. The van der Waals surface area contributed by atoms with Crippen molar-refractivity contribution >= 4 is 5.91 Å². The first-order valence-corrected chi connectivity index (χ1v) is 6.01. The number of aromatic amines is 1. The average Bonchev–Trinajstić information content (AvgIpc) is 3.00. The first kappa shape index (κ1) is 13.3. The van der Waals surface area contributed by atoms with Crippen LogP contribution in [-0.4, -0.2) is 26.2 Å². The topological polar surface area (TPSA) is 96.7 Å². The van der Waals surface area contributed by atoms with Gasteiger partial charge in [0, 0.05) is 11.5 Å². The van der Waals surface area contributed by atoms with Gasteiger partial charge in [-0.2, -0.15) is 5.10 Å². The number of carbonyl (C=O) groups excluding carboxylic acids is 1. The summed E-state index contributed by atoms with van der Waals surface area (Å²) in [4.78, 5) is 16.0. The van der Waals surface area contributed by atoms with E-state index in [1.807, 2.05) is 27.7 Å². The molecule has 0 fully saturated rings. The molecule has 2 N–H and O–H groups in total. The first-order chi connectivity index (χ1) is 8.88. The molecule has 0 saturated heterocycles. The Morgan fingerprint density at radius 2 is 2.21 bits per heavy atom. The van der Waals surface area contributed by atoms with E-state index in [0.29, 0.717) is 11.6 Å². The number of amides is 1. The second-order valence-corrected chi connectivity index (χ2v) is 5.39. The van der Waals surface area contributed by atoms with Crippen molar-refractivity contribution in [2.24, 2.45) is 0 Å². The summed E-state index contributed by atoms with van der Waals surface area (Å²) in [7, 11) is 0. The van der Waals surface area contributed by atoms with Gasteiger partial charge in [-0.25, -0.2) is 4.98 Å². The van der Waals surface area contributed by atoms with Gasteiger partial charge in [-0.3, -0.25) is 9.89 Å². The Bertz CT molecular complexity index is 553. The van der Waals surface area contributed by atoms with Crippen LogP contribution in [-0.2, 0) is 5.41 Å². The number of H-pyrrole nitrogens is 1. The molecule has 0 aliphatic heterocycles. The molecule has 19 heavy (non-hydrogen) atoms. The van der Waals surface area contributed by atoms with Crippen molar-refractivity contribution in [3.63, 3.8) is 0 Å². The summed E-state index contributed by atoms with van der Waals surface area (Å²) in [5.74, 6) is 0.959. The van der Waals surface area contributed by atoms with Gasteiger partial charge in [-0.05, 0) is 6.92 Å². The highest BCUT2D eigenvalue weighted by atomic mass is 16.5. The average molecular weight is 263 g/mol. The third-order valence-electron chi connectivity index (χ3n) is 2.67. The van der Waals surface area contributed by atoms with Gasteiger partial charge in [0.1, 0.15) is 17.9 Å². The van der Waals surface area contributed by atoms with Crippen LogP contribution in [0.1, 0.15) is 55.8 Å². The van der Waals surface area contributed by atoms with Crippen molar-refractivity contribution in [3.05, 3.63) is 29.7 Å². The Kier molecular flexibility index (Phi) is 3.37. The standard InChI is InChI=1S/C12H17N5O2/c1-7(10-13-6-14-16-10)15-11(18)8-5-9(19-17-8)12(2,3)4/h5-7H,1-4H3,(H,15,18)(H,13,14,16). The van der Waals surface area contributed by atoms with Crippen molar-refractivity contribution in [1.29, 1.82) is 0 Å². The summed E-state index contributed by atoms with van der Waals surface area (Å²) in [5.41, 5.74) is 0.0820. The molecule has 0 aromatic carbocycles. The molecular weight excluding hydrogens is 246 g/mol. The molecule has 2 aromatic heterocycles. The molecule has 1 atom stereocenters. The molecule has 0 spiro atoms. The second kappa shape index (κ2) is 4.83. The highest BCUT2D eigenvalue weighted by Gasteiger charge is 2.23. The highest BCUT2D eigenvalue weighted by molar-refractivity contribution is 5.92. The van der Waals surface area contributed by atoms with Crippen molar-refractivity contribution in [2.75, 3.05) is 0 Å². The molecule has 102 valence electrons. The van der Waals surface area contributed by atoms with Crippen LogP contribution in [0, 0.1) is 0 Å². The van der Waals surface area contributed by atoms with Crippen LogP contribution in [0.2, 0.25) is 0 Å². The number of hydrogen-bond acceptors (Lipinski definition) is 5. The molecule has 0 radical (unpaired) electrons. The van der Waals surface area contributed by atoms with Crippen LogP contribution in [0.3, 0.4) is 0 Å². The van der Waals surface area contributed by atoms with E-state index < -0.39 is 0 Å². The third-order valence-corrected chi connectivity index (χ3v) is 2.67. The Hall–Kier alpha value is -2.18. The normalized spacial score (nSPS) is 13.3. The summed E-state index contributed by atoms with van der Waals surface area (Å²) in [6.45, 7) is 7.79. The summed E-state index contributed by atoms with van der Waals surface area (Å²) >= 11 is 0. The number of nitrogens with zero attached hydrogens (tertiary/aromatic N) is 3. The lowest BCUT2D eigenvalue weighted by Crippen LogP contribution is -2.27. The number of carbonyl (C=O) groups is 1. The Morgan fingerprint density at radius 1 is 1.47 bits per heavy atom. The molecule has 2 heterocycles. The van der Waals surface area contributed by atoms with Crippen molar-refractivity contribution in [3.8, 4) is 0 Å². The largest absolute Gasteiger partial charge is 0.360 e. The predicted molar refractivity (Wildman–Crippen MR) is 67.5 cm³/mol. The second-order valence-electron chi connectivity index (χ2n) is 5.39. The maximum absolute atomic E-state index is 12.0. The van der Waals surface area contributed by atoms with Crippen LogP contribution in [0.4, 0.5) is 0 Å². The van der Waals surface area contributed by atoms with E-state index in [1.54, 1.807) is 6.07 Å². The fourth-order valence-corrected chi connectivity index (χ4v) is 1.50. The lowest BCUT2D eigenvalue weighted by atomic mass is 9.93. The van der Waals surface area contributed by atoms with Crippen LogP contribution < -0.4 is 5.32 Å². The van der Waals surface area contributed by atoms with Crippen LogP contribution in [0.25, 0.3) is 0 Å². The molecule has 0 aliphatic carbocycles. The number of rotatable bonds is 3. The molecule has 0 bridgehead atoms. The van der Waals surface area contributed by atoms with E-state index in [2.05, 4.69) is 25.7 Å². The van der Waals surface area contributed by atoms with Crippen molar-refractivity contribution in [2.45, 2.75) is 39.2 Å². The van der Waals surface area contributed by atoms with Crippen molar-refractivity contribution < 1.29 is 9.32 Å². The van der Waals surface area contributed by atoms with Gasteiger partial charge in [0.25, 0.3) is 5.91 Å². The van der Waals surface area contributed by atoms with E-state index >= 15 is 0 Å². The predicted octanol–water partition coefficient (Wildman–Crippen LogP) is 1.58. The summed E-state index contributed by atoms with van der Waals surface area (Å²) in [5, 5.41) is 13.0. The maximum atomic E-state index is 12.0. The zero-order valence-electron chi connectivity index (χ0n) is 11.4. The Labute approximate surface area is 110 Å². The quantitative estimate of drug-likeness (QED) is 0.876. The van der Waals surface area contributed by atoms with Gasteiger partial charge in [0.2, 0.25) is 0 Å². The van der Waals surface area contributed by atoms with E-state index in [1.165, 1.54) is 6.33 Å². The van der Waals surface area contributed by atoms with Gasteiger partial charge in [-0.15, -0.1) is 0 Å². The molecule has 2 aromatic rings. The van der Waals surface area contributed by atoms with Crippen LogP contribution in [0.15, 0.2) is 16.9 Å². The lowest BCUT2D eigenvalue weighted by molar-refractivity contribution is 0.0929. The summed E-state index contributed by atoms with van der Waals surface area (Å²) in [6.07, 6.45) is 1.39. The minimum absolute atomic E-state index is 0.178. The minimum atomic E-state index is -0.303. The van der Waals surface area contributed by atoms with Gasteiger partial charge in [0.15, 0.2) is 5.69 Å². The van der Waals surface area contributed by atoms with Crippen LogP contribution in [0.5, 0.6) is 0 Å². The Morgan fingerprint density at radius 3 is 2.74 bits per heavy atom. The van der Waals surface area contributed by atoms with Gasteiger partial charge < -0.3 is 9.84 Å². The molecule has 2 rings (SSSR count). The zero-order valence-corrected chi connectivity index (χ0v) is 11.4. The molecule has 1 amide bonds. The lowest BCUT2D eigenvalue weighted by Gasteiger charge is -2.12. The van der Waals surface area contributed by atoms with Gasteiger partial charge >= 0.3 is 0 Å². The molecule has 7 heteroatoms. The monoisotopic (exact) mass is 263 g/mol. The molecule has 1 unspecified atom stereocenters. The number of nitrogens with one attached hydrogen (secondary N) is 2. The van der Waals surface area contributed by atoms with Crippen molar-refractivity contribution in [1.82, 2.24) is 25.7 Å². The number of aromatic nitrogens is 4. The van der Waals surface area contributed by atoms with Crippen LogP contribution >= 0.6 is 0 Å². The SMILES string of the molecule is CC(NC(=O)c1cc(C(C)(C)C)on1)c1ncn[nH]1. The Balaban J connectivity index is 2.06. The molecule has 0 aliphatic rings. The molecule has 7 nitrogen and oxygen atoms in total. The van der Waals surface area contributed by atoms with E-state index in [9.17, 15) is 4.79 Å². The van der Waals surface area contributed by atoms with E-state index in [-0.39, 0.29) is 23.1 Å². The maximum Gasteiger partial charge on any atom is 0.274 e. The first-order valence-electron chi connectivity index (χ1n) is 6.01. The zero-order chi connectivity index (χ0) is 14.0. The van der Waals surface area contributed by atoms with E-state index in [0.717, 1.165) is 0 Å². The highest BCUT2D eigenvalue weighted by Crippen LogP contribution is 2.22. The minimum Gasteiger partial charge on any atom is -0.360 e. The van der Waals surface area contributed by atoms with Gasteiger partial charge in [0.05, 0.1) is 6.04 Å². The molecular formula is C12H17N5O2. The smallest absolute Gasteiger partial charge is 0.274 e. The van der Waals surface area contributed by atoms with E-state index in [4.69, 9.17) is 4.52 Å². The fraction of sp³-hybridized carbons (Fsp3) is 0.500. The van der Waals surface area contributed by atoms with Gasteiger partial charge in [-0.1, -0.05) is 25.9 Å². The fourth-order valence-electron chi connectivity index (χ4n) is 1.50. The summed E-state index contributed by atoms with van der Waals surface area (Å²) in [6, 6.07) is 1.38. The summed E-state index contributed by atoms with van der Waals surface area (Å²) < 4.78 is 5.18. The molecule has 0 saturated carbocycles. The third kappa shape index (κ3) is 2.98.